The largest absolute Gasteiger partial charge is 0.330 e. The highest BCUT2D eigenvalue weighted by Crippen LogP contribution is 2.30. The first-order valence-corrected chi connectivity index (χ1v) is 9.59. The third-order valence-corrected chi connectivity index (χ3v) is 5.53. The Morgan fingerprint density at radius 3 is 2.74 bits per heavy atom. The van der Waals surface area contributed by atoms with Gasteiger partial charge in [0.1, 0.15) is 5.82 Å². The predicted molar refractivity (Wildman–Crippen MR) is 108 cm³/mol. The minimum atomic E-state index is 0.0782. The van der Waals surface area contributed by atoms with E-state index in [1.807, 2.05) is 37.4 Å². The number of carbonyl (C=O) groups excluding carboxylic acids is 1. The molecule has 6 heteroatoms. The van der Waals surface area contributed by atoms with Crippen molar-refractivity contribution in [1.82, 2.24) is 14.5 Å². The summed E-state index contributed by atoms with van der Waals surface area (Å²) in [6.07, 6.45) is 0.816. The van der Waals surface area contributed by atoms with Crippen molar-refractivity contribution in [2.24, 2.45) is 7.05 Å². The van der Waals surface area contributed by atoms with Crippen LogP contribution in [0.3, 0.4) is 0 Å². The van der Waals surface area contributed by atoms with E-state index in [1.165, 1.54) is 0 Å². The number of halogens is 2. The zero-order valence-corrected chi connectivity index (χ0v) is 16.5. The molecule has 0 fully saturated rings. The van der Waals surface area contributed by atoms with Crippen LogP contribution in [0.5, 0.6) is 0 Å². The Balaban J connectivity index is 1.55. The summed E-state index contributed by atoms with van der Waals surface area (Å²) >= 11 is 12.4. The molecule has 0 bridgehead atoms. The van der Waals surface area contributed by atoms with E-state index in [1.54, 1.807) is 18.2 Å². The van der Waals surface area contributed by atoms with Crippen LogP contribution in [0.25, 0.3) is 11.4 Å². The topological polar surface area (TPSA) is 38.1 Å². The summed E-state index contributed by atoms with van der Waals surface area (Å²) in [6, 6.07) is 14.8. The van der Waals surface area contributed by atoms with E-state index in [2.05, 4.69) is 9.47 Å². The van der Waals surface area contributed by atoms with Crippen molar-refractivity contribution in [3.63, 3.8) is 0 Å². The molecule has 4 rings (SSSR count). The monoisotopic (exact) mass is 399 g/mol. The van der Waals surface area contributed by atoms with Crippen LogP contribution in [0.4, 0.5) is 0 Å². The highest BCUT2D eigenvalue weighted by molar-refractivity contribution is 6.33. The minimum Gasteiger partial charge on any atom is -0.330 e. The molecule has 1 aromatic heterocycles. The van der Waals surface area contributed by atoms with E-state index in [0.717, 1.165) is 35.7 Å². The van der Waals surface area contributed by atoms with Crippen molar-refractivity contribution in [1.29, 1.82) is 0 Å². The fourth-order valence-corrected chi connectivity index (χ4v) is 3.93. The van der Waals surface area contributed by atoms with Gasteiger partial charge in [-0.2, -0.15) is 0 Å². The molecule has 2 heterocycles. The molecule has 0 radical (unpaired) electrons. The normalized spacial score (nSPS) is 14.2. The first kappa shape index (κ1) is 18.2. The summed E-state index contributed by atoms with van der Waals surface area (Å²) in [7, 11) is 2.01. The van der Waals surface area contributed by atoms with Gasteiger partial charge in [-0.15, -0.1) is 0 Å². The number of nitrogens with zero attached hydrogens (tertiary/aromatic N) is 3. The van der Waals surface area contributed by atoms with E-state index in [4.69, 9.17) is 28.2 Å². The van der Waals surface area contributed by atoms with Crippen LogP contribution in [-0.2, 0) is 20.0 Å². The second kappa shape index (κ2) is 7.47. The zero-order valence-electron chi connectivity index (χ0n) is 15.0. The zero-order chi connectivity index (χ0) is 19.0. The third kappa shape index (κ3) is 3.65. The Bertz CT molecular complexity index is 1010. The number of aromatic nitrogens is 2. The summed E-state index contributed by atoms with van der Waals surface area (Å²) in [5.41, 5.74) is 3.79. The maximum absolute atomic E-state index is 12.6. The SMILES string of the molecule is Cn1c(-c2ccccc2Cl)nc2c1CN(CC(=O)c1cccc(Cl)c1)CC2. The number of hydrogen-bond acceptors (Lipinski definition) is 3. The highest BCUT2D eigenvalue weighted by Gasteiger charge is 2.25. The Morgan fingerprint density at radius 2 is 1.96 bits per heavy atom. The lowest BCUT2D eigenvalue weighted by Crippen LogP contribution is -2.35. The number of imidazole rings is 1. The molecule has 4 nitrogen and oxygen atoms in total. The van der Waals surface area contributed by atoms with Gasteiger partial charge in [0.2, 0.25) is 0 Å². The van der Waals surface area contributed by atoms with Gasteiger partial charge in [-0.25, -0.2) is 4.98 Å². The fourth-order valence-electron chi connectivity index (χ4n) is 3.52. The highest BCUT2D eigenvalue weighted by atomic mass is 35.5. The number of ketones is 1. The smallest absolute Gasteiger partial charge is 0.176 e. The average molecular weight is 400 g/mol. The van der Waals surface area contributed by atoms with Gasteiger partial charge < -0.3 is 4.57 Å². The molecule has 1 aliphatic rings. The molecule has 27 heavy (non-hydrogen) atoms. The van der Waals surface area contributed by atoms with Crippen LogP contribution in [0.2, 0.25) is 10.0 Å². The lowest BCUT2D eigenvalue weighted by molar-refractivity contribution is 0.0919. The fraction of sp³-hybridized carbons (Fsp3) is 0.238. The van der Waals surface area contributed by atoms with Gasteiger partial charge >= 0.3 is 0 Å². The van der Waals surface area contributed by atoms with E-state index < -0.39 is 0 Å². The summed E-state index contributed by atoms with van der Waals surface area (Å²) in [6.45, 7) is 1.86. The van der Waals surface area contributed by atoms with Crippen molar-refractivity contribution in [2.45, 2.75) is 13.0 Å². The lowest BCUT2D eigenvalue weighted by Gasteiger charge is -2.26. The second-order valence-corrected chi connectivity index (χ2v) is 7.61. The van der Waals surface area contributed by atoms with Crippen LogP contribution >= 0.6 is 23.2 Å². The van der Waals surface area contributed by atoms with Gasteiger partial charge in [0, 0.05) is 42.7 Å². The lowest BCUT2D eigenvalue weighted by atomic mass is 10.1. The van der Waals surface area contributed by atoms with E-state index >= 15 is 0 Å². The quantitative estimate of drug-likeness (QED) is 0.599. The maximum Gasteiger partial charge on any atom is 0.176 e. The van der Waals surface area contributed by atoms with E-state index in [9.17, 15) is 4.79 Å². The predicted octanol–water partition coefficient (Wildman–Crippen LogP) is 4.63. The van der Waals surface area contributed by atoms with Crippen molar-refractivity contribution in [2.75, 3.05) is 13.1 Å². The molecule has 0 unspecified atom stereocenters. The van der Waals surface area contributed by atoms with Gasteiger partial charge in [-0.3, -0.25) is 9.69 Å². The van der Waals surface area contributed by atoms with E-state index in [-0.39, 0.29) is 5.78 Å². The summed E-state index contributed by atoms with van der Waals surface area (Å²) in [5.74, 6) is 0.947. The number of benzene rings is 2. The van der Waals surface area contributed by atoms with E-state index in [0.29, 0.717) is 28.7 Å². The maximum atomic E-state index is 12.6. The molecular formula is C21H19Cl2N3O. The second-order valence-electron chi connectivity index (χ2n) is 6.76. The first-order valence-electron chi connectivity index (χ1n) is 8.83. The van der Waals surface area contributed by atoms with Crippen molar-refractivity contribution in [3.05, 3.63) is 75.5 Å². The van der Waals surface area contributed by atoms with Crippen molar-refractivity contribution < 1.29 is 4.79 Å². The van der Waals surface area contributed by atoms with Gasteiger partial charge in [0.05, 0.1) is 23.0 Å². The summed E-state index contributed by atoms with van der Waals surface area (Å²) in [5, 5.41) is 1.27. The molecule has 0 N–H and O–H groups in total. The molecule has 3 aromatic rings. The Morgan fingerprint density at radius 1 is 1.15 bits per heavy atom. The van der Waals surface area contributed by atoms with Gasteiger partial charge in [-0.1, -0.05) is 47.5 Å². The average Bonchev–Trinajstić information content (AvgIpc) is 2.98. The molecule has 0 saturated heterocycles. The molecule has 0 saturated carbocycles. The first-order chi connectivity index (χ1) is 13.0. The molecule has 1 aliphatic heterocycles. The van der Waals surface area contributed by atoms with Gasteiger partial charge in [-0.05, 0) is 24.3 Å². The molecule has 0 spiro atoms. The van der Waals surface area contributed by atoms with Crippen LogP contribution in [-0.4, -0.2) is 33.3 Å². The molecule has 0 amide bonds. The Hall–Kier alpha value is -2.14. The Labute approximate surface area is 168 Å². The number of carbonyl (C=O) groups is 1. The number of rotatable bonds is 4. The number of hydrogen-bond donors (Lipinski definition) is 0. The van der Waals surface area contributed by atoms with Gasteiger partial charge in [0.15, 0.2) is 5.78 Å². The molecular weight excluding hydrogens is 381 g/mol. The third-order valence-electron chi connectivity index (χ3n) is 4.96. The van der Waals surface area contributed by atoms with Crippen LogP contribution < -0.4 is 0 Å². The Kier molecular flexibility index (Phi) is 5.04. The van der Waals surface area contributed by atoms with Crippen LogP contribution in [0, 0.1) is 0 Å². The van der Waals surface area contributed by atoms with Crippen molar-refractivity contribution >= 4 is 29.0 Å². The van der Waals surface area contributed by atoms with Crippen LogP contribution in [0.1, 0.15) is 21.7 Å². The molecule has 0 aliphatic carbocycles. The summed E-state index contributed by atoms with van der Waals surface area (Å²) in [4.78, 5) is 19.6. The van der Waals surface area contributed by atoms with Gasteiger partial charge in [0.25, 0.3) is 0 Å². The molecule has 2 aromatic carbocycles. The molecule has 138 valence electrons. The summed E-state index contributed by atoms with van der Waals surface area (Å²) < 4.78 is 2.09. The minimum absolute atomic E-state index is 0.0782. The molecule has 0 atom stereocenters. The standard InChI is InChI=1S/C21H19Cl2N3O/c1-25-19-12-26(13-20(27)14-5-4-6-15(22)11-14)10-9-18(19)24-21(25)16-7-2-3-8-17(16)23/h2-8,11H,9-10,12-13H2,1H3. The van der Waals surface area contributed by atoms with Crippen molar-refractivity contribution in [3.8, 4) is 11.4 Å². The number of Topliss-reactive ketones (excluding diaryl/α,β-unsaturated/α-hetero) is 1. The number of fused-ring (bicyclic) bond motifs is 1. The van der Waals surface area contributed by atoms with Crippen LogP contribution in [0.15, 0.2) is 48.5 Å².